The minimum absolute atomic E-state index is 0.0676. The van der Waals surface area contributed by atoms with E-state index in [4.69, 9.17) is 43.3 Å². The van der Waals surface area contributed by atoms with Crippen LogP contribution >= 0.6 is 0 Å². The molecule has 4 aliphatic rings. The number of aliphatic carboxylic acids is 1. The van der Waals surface area contributed by atoms with Crippen LogP contribution in [-0.4, -0.2) is 88.2 Å². The Morgan fingerprint density at radius 1 is 0.894 bits per heavy atom. The van der Waals surface area contributed by atoms with Crippen LogP contribution in [0, 0.1) is 0 Å². The summed E-state index contributed by atoms with van der Waals surface area (Å²) < 4.78 is 33.7. The zero-order chi connectivity index (χ0) is 32.8. The van der Waals surface area contributed by atoms with Crippen molar-refractivity contribution < 1.29 is 73.3 Å². The van der Waals surface area contributed by atoms with Crippen LogP contribution in [0.5, 0.6) is 34.5 Å². The van der Waals surface area contributed by atoms with Crippen LogP contribution in [-0.2, 0) is 30.4 Å². The van der Waals surface area contributed by atoms with Crippen LogP contribution < -0.4 is 23.8 Å². The van der Waals surface area contributed by atoms with Gasteiger partial charge in [0.15, 0.2) is 29.6 Å². The second-order valence-electron chi connectivity index (χ2n) is 11.5. The molecular formula is C32H30O15. The molecule has 7 rings (SSSR count). The van der Waals surface area contributed by atoms with Crippen LogP contribution in [0.1, 0.15) is 40.7 Å². The fourth-order valence-electron chi connectivity index (χ4n) is 6.04. The number of rotatable bonds is 9. The number of carbonyl (C=O) groups excluding carboxylic acids is 1. The van der Waals surface area contributed by atoms with E-state index in [1.807, 2.05) is 12.1 Å². The van der Waals surface area contributed by atoms with Crippen LogP contribution in [0.4, 0.5) is 0 Å². The van der Waals surface area contributed by atoms with Gasteiger partial charge < -0.3 is 58.8 Å². The molecule has 47 heavy (non-hydrogen) atoms. The van der Waals surface area contributed by atoms with E-state index in [1.54, 1.807) is 36.4 Å². The Bertz CT molecular complexity index is 1690. The molecule has 248 valence electrons. The molecule has 0 saturated carbocycles. The van der Waals surface area contributed by atoms with Gasteiger partial charge in [0, 0.05) is 29.2 Å². The molecule has 0 amide bonds. The Morgan fingerprint density at radius 3 is 2.49 bits per heavy atom. The minimum atomic E-state index is -1.84. The summed E-state index contributed by atoms with van der Waals surface area (Å²) in [5.74, 6) is -0.0627. The second kappa shape index (κ2) is 12.4. The number of aliphatic hydroxyl groups excluding tert-OH is 3. The maximum atomic E-state index is 11.6. The maximum absolute atomic E-state index is 11.6. The summed E-state index contributed by atoms with van der Waals surface area (Å²) in [5.41, 5.74) is 2.84. The first-order valence-corrected chi connectivity index (χ1v) is 14.7. The molecule has 15 heteroatoms. The highest BCUT2D eigenvalue weighted by Gasteiger charge is 2.47. The number of ether oxygens (including phenoxy) is 6. The van der Waals surface area contributed by atoms with Crippen molar-refractivity contribution in [2.45, 2.75) is 55.6 Å². The number of carboxylic acid groups (broad SMARTS) is 1. The Balaban J connectivity index is 1.12. The first kappa shape index (κ1) is 30.8. The topological polar surface area (TPSA) is 209 Å². The smallest absolute Gasteiger partial charge is 0.317 e. The van der Waals surface area contributed by atoms with Crippen LogP contribution in [0.3, 0.4) is 0 Å². The molecule has 7 atom stereocenters. The SMILES string of the molecule is O=C(O)CC(=O)OCC1OC(O)C(OOc2cc3c(cc2Cc2cccc(O)c2)OCC2c4cc5c(cc4OC32)OCO5)C(O)C1O. The lowest BCUT2D eigenvalue weighted by Gasteiger charge is -2.39. The quantitative estimate of drug-likeness (QED) is 0.0957. The van der Waals surface area contributed by atoms with Gasteiger partial charge in [-0.25, -0.2) is 0 Å². The minimum Gasteiger partial charge on any atom is -0.508 e. The summed E-state index contributed by atoms with van der Waals surface area (Å²) in [5, 5.41) is 50.7. The van der Waals surface area contributed by atoms with Crippen molar-refractivity contribution in [2.75, 3.05) is 20.0 Å². The van der Waals surface area contributed by atoms with Crippen molar-refractivity contribution in [3.8, 4) is 34.5 Å². The molecule has 1 fully saturated rings. The van der Waals surface area contributed by atoms with Crippen LogP contribution in [0.2, 0.25) is 0 Å². The standard InChI is InChI=1S/C32H30O15/c33-16-3-1-2-14(5-16)4-15-6-21-18(30-19(11-40-21)17-7-23-24(43-13-42-23)9-22(17)44-30)8-20(15)46-47-31-29(38)28(37)25(45-32(31)39)12-41-27(36)10-26(34)35/h1-3,5-9,19,25,28-33,37-39H,4,10-13H2,(H,34,35). The van der Waals surface area contributed by atoms with Gasteiger partial charge in [-0.15, -0.1) is 0 Å². The first-order chi connectivity index (χ1) is 22.6. The second-order valence-corrected chi connectivity index (χ2v) is 11.5. The van der Waals surface area contributed by atoms with Crippen molar-refractivity contribution in [1.29, 1.82) is 0 Å². The van der Waals surface area contributed by atoms with Crippen LogP contribution in [0.25, 0.3) is 0 Å². The molecular weight excluding hydrogens is 624 g/mol. The molecule has 0 bridgehead atoms. The highest BCUT2D eigenvalue weighted by molar-refractivity contribution is 5.90. The third-order valence-electron chi connectivity index (χ3n) is 8.36. The van der Waals surface area contributed by atoms with Crippen molar-refractivity contribution in [3.05, 3.63) is 70.8 Å². The summed E-state index contributed by atoms with van der Waals surface area (Å²) >= 11 is 0. The summed E-state index contributed by atoms with van der Waals surface area (Å²) in [4.78, 5) is 33.5. The van der Waals surface area contributed by atoms with Gasteiger partial charge in [0.25, 0.3) is 0 Å². The molecule has 4 aliphatic heterocycles. The van der Waals surface area contributed by atoms with E-state index in [9.17, 15) is 30.0 Å². The number of hydrogen-bond acceptors (Lipinski definition) is 14. The van der Waals surface area contributed by atoms with Gasteiger partial charge in [-0.2, -0.15) is 4.89 Å². The van der Waals surface area contributed by atoms with Crippen molar-refractivity contribution in [1.82, 2.24) is 0 Å². The molecule has 7 unspecified atom stereocenters. The Hall–Kier alpha value is -4.80. The van der Waals surface area contributed by atoms with Crippen molar-refractivity contribution >= 4 is 11.9 Å². The molecule has 15 nitrogen and oxygen atoms in total. The van der Waals surface area contributed by atoms with Gasteiger partial charge in [-0.05, 0) is 35.9 Å². The normalized spacial score (nSPS) is 26.7. The molecule has 3 aromatic rings. The van der Waals surface area contributed by atoms with Gasteiger partial charge in [0.1, 0.15) is 54.7 Å². The summed E-state index contributed by atoms with van der Waals surface area (Å²) in [6, 6.07) is 13.7. The molecule has 0 spiro atoms. The number of phenolic OH excluding ortho intramolecular Hbond substituents is 1. The predicted octanol–water partition coefficient (Wildman–Crippen LogP) is 1.46. The molecule has 0 aromatic heterocycles. The zero-order valence-electron chi connectivity index (χ0n) is 24.5. The third kappa shape index (κ3) is 6.06. The van der Waals surface area contributed by atoms with Gasteiger partial charge in [-0.1, -0.05) is 12.1 Å². The van der Waals surface area contributed by atoms with Gasteiger partial charge in [0.2, 0.25) is 6.79 Å². The lowest BCUT2D eigenvalue weighted by molar-refractivity contribution is -0.365. The number of carboxylic acids is 1. The van der Waals surface area contributed by atoms with E-state index in [-0.39, 0.29) is 30.6 Å². The molecule has 3 aromatic carbocycles. The lowest BCUT2D eigenvalue weighted by atomic mass is 9.88. The number of hydrogen-bond donors (Lipinski definition) is 5. The molecule has 4 heterocycles. The largest absolute Gasteiger partial charge is 0.508 e. The van der Waals surface area contributed by atoms with Gasteiger partial charge in [-0.3, -0.25) is 9.59 Å². The van der Waals surface area contributed by atoms with Crippen LogP contribution in [0.15, 0.2) is 48.5 Å². The predicted molar refractivity (Wildman–Crippen MR) is 153 cm³/mol. The molecule has 0 radical (unpaired) electrons. The van der Waals surface area contributed by atoms with Crippen molar-refractivity contribution in [2.24, 2.45) is 0 Å². The van der Waals surface area contributed by atoms with E-state index in [0.29, 0.717) is 40.7 Å². The number of fused-ring (bicyclic) bond motifs is 6. The fraction of sp³-hybridized carbons (Fsp3) is 0.375. The average molecular weight is 655 g/mol. The monoisotopic (exact) mass is 654 g/mol. The summed E-state index contributed by atoms with van der Waals surface area (Å²) in [6.45, 7) is -0.170. The van der Waals surface area contributed by atoms with Gasteiger partial charge in [0.05, 0.1) is 12.5 Å². The Morgan fingerprint density at radius 2 is 1.70 bits per heavy atom. The number of benzene rings is 3. The number of carbonyl (C=O) groups is 2. The molecule has 5 N–H and O–H groups in total. The lowest BCUT2D eigenvalue weighted by Crippen LogP contribution is -2.59. The fourth-order valence-corrected chi connectivity index (χ4v) is 6.04. The highest BCUT2D eigenvalue weighted by atomic mass is 17.2. The van der Waals surface area contributed by atoms with E-state index in [2.05, 4.69) is 0 Å². The molecule has 1 saturated heterocycles. The maximum Gasteiger partial charge on any atom is 0.317 e. The zero-order valence-corrected chi connectivity index (χ0v) is 24.5. The summed E-state index contributed by atoms with van der Waals surface area (Å²) in [7, 11) is 0. The first-order valence-electron chi connectivity index (χ1n) is 14.7. The average Bonchev–Trinajstić information content (AvgIpc) is 3.64. The van der Waals surface area contributed by atoms with E-state index < -0.39 is 61.8 Å². The Labute approximate surface area is 266 Å². The van der Waals surface area contributed by atoms with Gasteiger partial charge >= 0.3 is 11.9 Å². The van der Waals surface area contributed by atoms with E-state index in [0.717, 1.165) is 11.1 Å². The molecule has 0 aliphatic carbocycles. The van der Waals surface area contributed by atoms with E-state index in [1.165, 1.54) is 0 Å². The highest BCUT2D eigenvalue weighted by Crippen LogP contribution is 2.55. The Kier molecular flexibility index (Phi) is 8.15. The number of aliphatic hydroxyl groups is 3. The number of phenols is 1. The number of esters is 1. The number of aromatic hydroxyl groups is 1. The summed E-state index contributed by atoms with van der Waals surface area (Å²) in [6.07, 6.45) is -9.40. The van der Waals surface area contributed by atoms with E-state index >= 15 is 0 Å². The third-order valence-corrected chi connectivity index (χ3v) is 8.36. The van der Waals surface area contributed by atoms with Crippen molar-refractivity contribution in [3.63, 3.8) is 0 Å².